The highest BCUT2D eigenvalue weighted by molar-refractivity contribution is 6.61. The van der Waals surface area contributed by atoms with Crippen LogP contribution in [0.15, 0.2) is 24.8 Å². The molecule has 18 heavy (non-hydrogen) atoms. The molecule has 0 unspecified atom stereocenters. The van der Waals surface area contributed by atoms with Crippen molar-refractivity contribution in [3.05, 3.63) is 24.8 Å². The van der Waals surface area contributed by atoms with Crippen LogP contribution in [0, 0.1) is 0 Å². The van der Waals surface area contributed by atoms with E-state index in [9.17, 15) is 0 Å². The third-order valence-electron chi connectivity index (χ3n) is 3.84. The Balaban J connectivity index is 2.03. The van der Waals surface area contributed by atoms with Gasteiger partial charge in [-0.1, -0.05) is 0 Å². The molecule has 5 nitrogen and oxygen atoms in total. The lowest BCUT2D eigenvalue weighted by atomic mass is 9.85. The number of aromatic nitrogens is 3. The van der Waals surface area contributed by atoms with Crippen molar-refractivity contribution in [2.24, 2.45) is 0 Å². The van der Waals surface area contributed by atoms with E-state index in [4.69, 9.17) is 9.31 Å². The maximum absolute atomic E-state index is 6.01. The summed E-state index contributed by atoms with van der Waals surface area (Å²) in [6.07, 6.45) is 5.22. The lowest BCUT2D eigenvalue weighted by Crippen LogP contribution is -2.41. The van der Waals surface area contributed by atoms with Crippen LogP contribution in [0.3, 0.4) is 0 Å². The number of fused-ring (bicyclic) bond motifs is 1. The Morgan fingerprint density at radius 1 is 1.17 bits per heavy atom. The largest absolute Gasteiger partial charge is 0.514 e. The Morgan fingerprint density at radius 2 is 1.83 bits per heavy atom. The minimum Gasteiger partial charge on any atom is -0.398 e. The zero-order chi connectivity index (χ0) is 13.0. The third-order valence-corrected chi connectivity index (χ3v) is 3.84. The van der Waals surface area contributed by atoms with Crippen molar-refractivity contribution < 1.29 is 9.31 Å². The van der Waals surface area contributed by atoms with Gasteiger partial charge in [0.15, 0.2) is 0 Å². The average molecular weight is 245 g/mol. The summed E-state index contributed by atoms with van der Waals surface area (Å²) in [5.74, 6) is 0. The summed E-state index contributed by atoms with van der Waals surface area (Å²) in [6, 6.07) is 1.86. The summed E-state index contributed by atoms with van der Waals surface area (Å²) in [7, 11) is -0.408. The van der Waals surface area contributed by atoms with Crippen LogP contribution in [0.4, 0.5) is 0 Å². The van der Waals surface area contributed by atoms with E-state index in [0.29, 0.717) is 0 Å². The molecular weight excluding hydrogens is 229 g/mol. The Bertz CT molecular complexity index is 578. The minimum atomic E-state index is -0.408. The molecule has 0 spiro atoms. The smallest absolute Gasteiger partial charge is 0.398 e. The molecule has 0 atom stereocenters. The van der Waals surface area contributed by atoms with Gasteiger partial charge in [-0.25, -0.2) is 9.97 Å². The second-order valence-electron chi connectivity index (χ2n) is 5.58. The van der Waals surface area contributed by atoms with Crippen molar-refractivity contribution in [1.82, 2.24) is 14.4 Å². The summed E-state index contributed by atoms with van der Waals surface area (Å²) in [5.41, 5.74) is 1.03. The van der Waals surface area contributed by atoms with Gasteiger partial charge in [0.25, 0.3) is 0 Å². The summed E-state index contributed by atoms with van der Waals surface area (Å²) in [4.78, 5) is 8.42. The quantitative estimate of drug-likeness (QED) is 0.704. The van der Waals surface area contributed by atoms with Gasteiger partial charge in [-0.15, -0.1) is 0 Å². The summed E-state index contributed by atoms with van der Waals surface area (Å²) in [5, 5.41) is 0. The second-order valence-corrected chi connectivity index (χ2v) is 5.58. The minimum absolute atomic E-state index is 0.343. The van der Waals surface area contributed by atoms with E-state index in [1.165, 1.54) is 0 Å². The maximum atomic E-state index is 6.01. The number of nitrogens with zero attached hydrogens (tertiary/aromatic N) is 3. The highest BCUT2D eigenvalue weighted by atomic mass is 16.7. The Hall–Kier alpha value is -1.40. The fourth-order valence-corrected chi connectivity index (χ4v) is 1.99. The molecule has 0 aromatic carbocycles. The Kier molecular flexibility index (Phi) is 2.31. The maximum Gasteiger partial charge on any atom is 0.514 e. The molecule has 0 bridgehead atoms. The van der Waals surface area contributed by atoms with E-state index in [1.807, 2.05) is 38.2 Å². The highest BCUT2D eigenvalue weighted by Gasteiger charge is 2.52. The normalized spacial score (nSPS) is 21.7. The predicted molar refractivity (Wildman–Crippen MR) is 68.7 cm³/mol. The third kappa shape index (κ3) is 1.56. The van der Waals surface area contributed by atoms with Gasteiger partial charge in [-0.05, 0) is 33.8 Å². The number of rotatable bonds is 1. The van der Waals surface area contributed by atoms with Crippen LogP contribution in [-0.2, 0) is 9.31 Å². The van der Waals surface area contributed by atoms with Crippen LogP contribution >= 0.6 is 0 Å². The molecule has 0 aliphatic carbocycles. The zero-order valence-electron chi connectivity index (χ0n) is 11.0. The summed E-state index contributed by atoms with van der Waals surface area (Å²) in [6.45, 7) is 8.14. The molecule has 0 saturated carbocycles. The molecule has 1 aliphatic heterocycles. The van der Waals surface area contributed by atoms with Crippen molar-refractivity contribution in [3.63, 3.8) is 0 Å². The molecule has 2 aromatic rings. The van der Waals surface area contributed by atoms with Gasteiger partial charge in [0.05, 0.1) is 23.1 Å². The van der Waals surface area contributed by atoms with E-state index in [2.05, 4.69) is 9.97 Å². The van der Waals surface area contributed by atoms with Gasteiger partial charge in [-0.3, -0.25) is 4.40 Å². The zero-order valence-corrected chi connectivity index (χ0v) is 11.0. The van der Waals surface area contributed by atoms with E-state index < -0.39 is 7.12 Å². The van der Waals surface area contributed by atoms with Gasteiger partial charge in [0, 0.05) is 12.4 Å². The topological polar surface area (TPSA) is 48.7 Å². The standard InChI is InChI=1S/C12H16BN3O2/c1-11(2)12(3,4)18-13(17-11)9-7-15-10-5-6-14-8-16(9)10/h5-8H,1-4H3. The molecular formula is C12H16BN3O2. The van der Waals surface area contributed by atoms with Crippen molar-refractivity contribution in [2.75, 3.05) is 0 Å². The van der Waals surface area contributed by atoms with Gasteiger partial charge in [0.2, 0.25) is 0 Å². The van der Waals surface area contributed by atoms with Gasteiger partial charge >= 0.3 is 7.12 Å². The van der Waals surface area contributed by atoms with Crippen molar-refractivity contribution in [1.29, 1.82) is 0 Å². The van der Waals surface area contributed by atoms with Crippen LogP contribution in [0.5, 0.6) is 0 Å². The molecule has 1 aliphatic rings. The lowest BCUT2D eigenvalue weighted by Gasteiger charge is -2.32. The van der Waals surface area contributed by atoms with E-state index in [-0.39, 0.29) is 11.2 Å². The molecule has 1 fully saturated rings. The van der Waals surface area contributed by atoms with Crippen molar-refractivity contribution >= 4 is 18.4 Å². The van der Waals surface area contributed by atoms with Crippen LogP contribution in [0.2, 0.25) is 0 Å². The van der Waals surface area contributed by atoms with Crippen molar-refractivity contribution in [2.45, 2.75) is 38.9 Å². The van der Waals surface area contributed by atoms with E-state index in [0.717, 1.165) is 11.2 Å². The number of imidazole rings is 1. The summed E-state index contributed by atoms with van der Waals surface area (Å²) < 4.78 is 13.9. The SMILES string of the molecule is CC1(C)OB(c2cnc3ccncn23)OC1(C)C. The molecule has 0 amide bonds. The molecule has 0 N–H and O–H groups in total. The monoisotopic (exact) mass is 245 g/mol. The fraction of sp³-hybridized carbons (Fsp3) is 0.500. The summed E-state index contributed by atoms with van der Waals surface area (Å²) >= 11 is 0. The van der Waals surface area contributed by atoms with Gasteiger partial charge in [0.1, 0.15) is 5.65 Å². The molecule has 3 rings (SSSR count). The number of hydrogen-bond donors (Lipinski definition) is 0. The first-order valence-electron chi connectivity index (χ1n) is 6.03. The average Bonchev–Trinajstić information content (AvgIpc) is 2.78. The second kappa shape index (κ2) is 3.55. The molecule has 1 saturated heterocycles. The van der Waals surface area contributed by atoms with E-state index in [1.54, 1.807) is 18.7 Å². The first-order valence-corrected chi connectivity index (χ1v) is 6.03. The first-order chi connectivity index (χ1) is 8.41. The molecule has 6 heteroatoms. The molecule has 3 heterocycles. The fourth-order valence-electron chi connectivity index (χ4n) is 1.99. The molecule has 94 valence electrons. The van der Waals surface area contributed by atoms with Crippen molar-refractivity contribution in [3.8, 4) is 0 Å². The van der Waals surface area contributed by atoms with Gasteiger partial charge in [-0.2, -0.15) is 0 Å². The highest BCUT2D eigenvalue weighted by Crippen LogP contribution is 2.36. The van der Waals surface area contributed by atoms with Crippen LogP contribution in [0.25, 0.3) is 5.65 Å². The Labute approximate surface area is 106 Å². The van der Waals surface area contributed by atoms with E-state index >= 15 is 0 Å². The first kappa shape index (κ1) is 11.7. The van der Waals surface area contributed by atoms with Crippen LogP contribution in [-0.4, -0.2) is 32.7 Å². The van der Waals surface area contributed by atoms with Crippen LogP contribution < -0.4 is 5.59 Å². The van der Waals surface area contributed by atoms with Crippen LogP contribution in [0.1, 0.15) is 27.7 Å². The Morgan fingerprint density at radius 3 is 2.50 bits per heavy atom. The molecule has 0 radical (unpaired) electrons. The lowest BCUT2D eigenvalue weighted by molar-refractivity contribution is 0.00578. The molecule has 2 aromatic heterocycles. The van der Waals surface area contributed by atoms with Gasteiger partial charge < -0.3 is 9.31 Å². The predicted octanol–water partition coefficient (Wildman–Crippen LogP) is 1.03. The number of hydrogen-bond acceptors (Lipinski definition) is 4.